The number of amides is 1. The summed E-state index contributed by atoms with van der Waals surface area (Å²) in [7, 11) is 0. The van der Waals surface area contributed by atoms with Gasteiger partial charge in [0.15, 0.2) is 13.2 Å². The van der Waals surface area contributed by atoms with Crippen molar-refractivity contribution in [3.8, 4) is 11.5 Å². The SMILES string of the molecule is O=C(O)COc1ccc(/C=N/NC(=O)COc2cccc3ccccc23)cc1. The molecule has 3 aromatic carbocycles. The van der Waals surface area contributed by atoms with Crippen LogP contribution in [0, 0.1) is 0 Å². The Morgan fingerprint density at radius 2 is 1.68 bits per heavy atom. The highest BCUT2D eigenvalue weighted by molar-refractivity contribution is 5.89. The van der Waals surface area contributed by atoms with E-state index < -0.39 is 12.6 Å². The molecule has 0 aromatic heterocycles. The zero-order valence-corrected chi connectivity index (χ0v) is 14.9. The van der Waals surface area contributed by atoms with Gasteiger partial charge in [-0.05, 0) is 41.3 Å². The summed E-state index contributed by atoms with van der Waals surface area (Å²) in [6, 6.07) is 20.1. The summed E-state index contributed by atoms with van der Waals surface area (Å²) < 4.78 is 10.6. The number of rotatable bonds is 8. The lowest BCUT2D eigenvalue weighted by atomic mass is 10.1. The molecule has 7 heteroatoms. The smallest absolute Gasteiger partial charge is 0.341 e. The maximum atomic E-state index is 11.9. The predicted molar refractivity (Wildman–Crippen MR) is 105 cm³/mol. The number of carboxylic acid groups (broad SMARTS) is 1. The Morgan fingerprint density at radius 1 is 0.929 bits per heavy atom. The highest BCUT2D eigenvalue weighted by atomic mass is 16.5. The number of carboxylic acids is 1. The first-order chi connectivity index (χ1) is 13.6. The Morgan fingerprint density at radius 3 is 2.46 bits per heavy atom. The zero-order chi connectivity index (χ0) is 19.8. The third-order valence-corrected chi connectivity index (χ3v) is 3.75. The Hall–Kier alpha value is -3.87. The van der Waals surface area contributed by atoms with Crippen molar-refractivity contribution in [3.63, 3.8) is 0 Å². The Bertz CT molecular complexity index is 994. The number of nitrogens with zero attached hydrogens (tertiary/aromatic N) is 1. The monoisotopic (exact) mass is 378 g/mol. The van der Waals surface area contributed by atoms with Gasteiger partial charge in [0.25, 0.3) is 5.91 Å². The van der Waals surface area contributed by atoms with Gasteiger partial charge in [-0.1, -0.05) is 36.4 Å². The van der Waals surface area contributed by atoms with Crippen LogP contribution in [0.4, 0.5) is 0 Å². The summed E-state index contributed by atoms with van der Waals surface area (Å²) >= 11 is 0. The molecule has 0 bridgehead atoms. The van der Waals surface area contributed by atoms with Gasteiger partial charge >= 0.3 is 5.97 Å². The lowest BCUT2D eigenvalue weighted by molar-refractivity contribution is -0.139. The van der Waals surface area contributed by atoms with E-state index in [9.17, 15) is 9.59 Å². The molecular formula is C21H18N2O5. The average molecular weight is 378 g/mol. The molecule has 0 radical (unpaired) electrons. The predicted octanol–water partition coefficient (Wildman–Crippen LogP) is 2.83. The van der Waals surface area contributed by atoms with E-state index >= 15 is 0 Å². The van der Waals surface area contributed by atoms with E-state index in [0.717, 1.165) is 16.3 Å². The first-order valence-corrected chi connectivity index (χ1v) is 8.49. The van der Waals surface area contributed by atoms with Gasteiger partial charge in [-0.2, -0.15) is 5.10 Å². The molecule has 0 aliphatic rings. The van der Waals surface area contributed by atoms with Gasteiger partial charge in [0.05, 0.1) is 6.21 Å². The number of benzene rings is 3. The lowest BCUT2D eigenvalue weighted by Gasteiger charge is -2.08. The summed E-state index contributed by atoms with van der Waals surface area (Å²) in [5, 5.41) is 14.4. The van der Waals surface area contributed by atoms with Crippen molar-refractivity contribution in [1.82, 2.24) is 5.43 Å². The first-order valence-electron chi connectivity index (χ1n) is 8.49. The Labute approximate surface area is 161 Å². The molecule has 0 saturated heterocycles. The van der Waals surface area contributed by atoms with E-state index in [2.05, 4.69) is 10.5 Å². The van der Waals surface area contributed by atoms with E-state index in [-0.39, 0.29) is 12.5 Å². The standard InChI is InChI=1S/C21H18N2O5/c24-20(13-28-19-7-3-5-16-4-1-2-6-18(16)19)23-22-12-15-8-10-17(11-9-15)27-14-21(25)26/h1-12H,13-14H2,(H,23,24)(H,25,26)/b22-12+. The van der Waals surface area contributed by atoms with Crippen LogP contribution >= 0.6 is 0 Å². The van der Waals surface area contributed by atoms with Crippen LogP contribution in [0.1, 0.15) is 5.56 Å². The molecule has 0 aliphatic carbocycles. The van der Waals surface area contributed by atoms with Crippen LogP contribution in [0.5, 0.6) is 11.5 Å². The van der Waals surface area contributed by atoms with E-state index in [1.165, 1.54) is 6.21 Å². The lowest BCUT2D eigenvalue weighted by Crippen LogP contribution is -2.24. The molecule has 7 nitrogen and oxygen atoms in total. The van der Waals surface area contributed by atoms with Gasteiger partial charge in [-0.25, -0.2) is 10.2 Å². The van der Waals surface area contributed by atoms with E-state index in [1.807, 2.05) is 42.5 Å². The number of ether oxygens (including phenoxy) is 2. The van der Waals surface area contributed by atoms with Gasteiger partial charge in [0.1, 0.15) is 11.5 Å². The fourth-order valence-corrected chi connectivity index (χ4v) is 2.47. The quantitative estimate of drug-likeness (QED) is 0.464. The van der Waals surface area contributed by atoms with Crippen LogP contribution in [0.2, 0.25) is 0 Å². The van der Waals surface area contributed by atoms with Crippen molar-refractivity contribution in [1.29, 1.82) is 0 Å². The summed E-state index contributed by atoms with van der Waals surface area (Å²) in [6.07, 6.45) is 1.47. The number of hydrazone groups is 1. The van der Waals surface area contributed by atoms with Crippen molar-refractivity contribution in [2.45, 2.75) is 0 Å². The Balaban J connectivity index is 1.49. The maximum absolute atomic E-state index is 11.9. The second-order valence-electron chi connectivity index (χ2n) is 5.81. The van der Waals surface area contributed by atoms with Gasteiger partial charge < -0.3 is 14.6 Å². The fourth-order valence-electron chi connectivity index (χ4n) is 2.47. The van der Waals surface area contributed by atoms with Crippen molar-refractivity contribution in [2.24, 2.45) is 5.10 Å². The van der Waals surface area contributed by atoms with Crippen LogP contribution in [-0.4, -0.2) is 36.4 Å². The number of aliphatic carboxylic acids is 1. The molecule has 2 N–H and O–H groups in total. The number of hydrogen-bond donors (Lipinski definition) is 2. The molecule has 0 atom stereocenters. The second-order valence-corrected chi connectivity index (χ2v) is 5.81. The van der Waals surface area contributed by atoms with Crippen LogP contribution in [0.15, 0.2) is 71.8 Å². The van der Waals surface area contributed by atoms with Gasteiger partial charge in [0, 0.05) is 5.39 Å². The van der Waals surface area contributed by atoms with Gasteiger partial charge in [-0.15, -0.1) is 0 Å². The average Bonchev–Trinajstić information content (AvgIpc) is 2.71. The van der Waals surface area contributed by atoms with Gasteiger partial charge in [0.2, 0.25) is 0 Å². The zero-order valence-electron chi connectivity index (χ0n) is 14.9. The molecule has 0 fully saturated rings. The molecule has 0 heterocycles. The summed E-state index contributed by atoms with van der Waals surface area (Å²) in [5.41, 5.74) is 3.12. The third kappa shape index (κ3) is 5.31. The minimum absolute atomic E-state index is 0.159. The number of fused-ring (bicyclic) bond motifs is 1. The molecule has 0 spiro atoms. The molecule has 0 aliphatic heterocycles. The molecule has 28 heavy (non-hydrogen) atoms. The fraction of sp³-hybridized carbons (Fsp3) is 0.0952. The minimum Gasteiger partial charge on any atom is -0.483 e. The normalized spacial score (nSPS) is 10.7. The second kappa shape index (κ2) is 9.18. The molecule has 0 unspecified atom stereocenters. The van der Waals surface area contributed by atoms with Gasteiger partial charge in [-0.3, -0.25) is 4.79 Å². The summed E-state index contributed by atoms with van der Waals surface area (Å²) in [4.78, 5) is 22.4. The van der Waals surface area contributed by atoms with Crippen LogP contribution in [-0.2, 0) is 9.59 Å². The largest absolute Gasteiger partial charge is 0.483 e. The molecule has 1 amide bonds. The number of hydrogen-bond acceptors (Lipinski definition) is 5. The van der Waals surface area contributed by atoms with Crippen molar-refractivity contribution in [3.05, 3.63) is 72.3 Å². The molecule has 3 aromatic rings. The van der Waals surface area contributed by atoms with E-state index in [1.54, 1.807) is 24.3 Å². The summed E-state index contributed by atoms with van der Waals surface area (Å²) in [5.74, 6) is -0.356. The molecule has 0 saturated carbocycles. The molecular weight excluding hydrogens is 360 g/mol. The maximum Gasteiger partial charge on any atom is 0.341 e. The number of nitrogens with one attached hydrogen (secondary N) is 1. The molecule has 142 valence electrons. The van der Waals surface area contributed by atoms with Crippen LogP contribution < -0.4 is 14.9 Å². The van der Waals surface area contributed by atoms with Crippen molar-refractivity contribution >= 4 is 28.9 Å². The van der Waals surface area contributed by atoms with E-state index in [4.69, 9.17) is 14.6 Å². The van der Waals surface area contributed by atoms with E-state index in [0.29, 0.717) is 11.5 Å². The minimum atomic E-state index is -1.04. The first kappa shape index (κ1) is 18.9. The summed E-state index contributed by atoms with van der Waals surface area (Å²) in [6.45, 7) is -0.562. The van der Waals surface area contributed by atoms with Crippen molar-refractivity contribution < 1.29 is 24.2 Å². The number of carbonyl (C=O) groups excluding carboxylic acids is 1. The highest BCUT2D eigenvalue weighted by Crippen LogP contribution is 2.24. The van der Waals surface area contributed by atoms with Crippen molar-refractivity contribution in [2.75, 3.05) is 13.2 Å². The number of carbonyl (C=O) groups is 2. The topological polar surface area (TPSA) is 97.2 Å². The Kier molecular flexibility index (Phi) is 6.20. The molecule has 3 rings (SSSR count). The van der Waals surface area contributed by atoms with Crippen LogP contribution in [0.25, 0.3) is 10.8 Å². The third-order valence-electron chi connectivity index (χ3n) is 3.75. The highest BCUT2D eigenvalue weighted by Gasteiger charge is 2.05. The van der Waals surface area contributed by atoms with Crippen LogP contribution in [0.3, 0.4) is 0 Å².